The largest absolute Gasteiger partial charge is 0.244 e. The fourth-order valence-electron chi connectivity index (χ4n) is 1.16. The number of aromatic nitrogens is 1. The van der Waals surface area contributed by atoms with Crippen LogP contribution in [0.25, 0.3) is 10.8 Å². The van der Waals surface area contributed by atoms with Crippen LogP contribution >= 0.6 is 27.5 Å². The second-order valence-corrected chi connectivity index (χ2v) is 3.77. The molecule has 13 heavy (non-hydrogen) atoms. The van der Waals surface area contributed by atoms with Crippen molar-refractivity contribution < 1.29 is 4.39 Å². The molecule has 0 saturated heterocycles. The highest BCUT2D eigenvalue weighted by molar-refractivity contribution is 9.10. The summed E-state index contributed by atoms with van der Waals surface area (Å²) in [5, 5.41) is 1.30. The summed E-state index contributed by atoms with van der Waals surface area (Å²) >= 11 is 8.85. The summed E-state index contributed by atoms with van der Waals surface area (Å²) in [7, 11) is 0. The molecule has 0 spiro atoms. The summed E-state index contributed by atoms with van der Waals surface area (Å²) < 4.78 is 13.9. The van der Waals surface area contributed by atoms with Gasteiger partial charge >= 0.3 is 0 Å². The fraction of sp³-hybridized carbons (Fsp3) is 0. The summed E-state index contributed by atoms with van der Waals surface area (Å²) in [6, 6.07) is 5.15. The third kappa shape index (κ3) is 1.42. The van der Waals surface area contributed by atoms with E-state index in [2.05, 4.69) is 20.9 Å². The summed E-state index contributed by atoms with van der Waals surface area (Å²) in [6.45, 7) is 0. The van der Waals surface area contributed by atoms with Crippen LogP contribution in [0.4, 0.5) is 4.39 Å². The molecule has 1 nitrogen and oxygen atoms in total. The van der Waals surface area contributed by atoms with Crippen molar-refractivity contribution in [2.45, 2.75) is 0 Å². The van der Waals surface area contributed by atoms with Gasteiger partial charge in [0.1, 0.15) is 11.0 Å². The Hall–Kier alpha value is -0.670. The average molecular weight is 260 g/mol. The Labute approximate surface area is 87.7 Å². The Balaban J connectivity index is 2.97. The lowest BCUT2D eigenvalue weighted by Gasteiger charge is -2.01. The molecule has 0 N–H and O–H groups in total. The van der Waals surface area contributed by atoms with Gasteiger partial charge in [-0.15, -0.1) is 0 Å². The molecule has 2 aromatic rings. The second kappa shape index (κ2) is 3.24. The quantitative estimate of drug-likeness (QED) is 0.657. The summed E-state index contributed by atoms with van der Waals surface area (Å²) in [4.78, 5) is 3.81. The highest BCUT2D eigenvalue weighted by Crippen LogP contribution is 2.28. The van der Waals surface area contributed by atoms with Gasteiger partial charge in [-0.25, -0.2) is 9.37 Å². The lowest BCUT2D eigenvalue weighted by molar-refractivity contribution is 0.633. The standard InChI is InChI=1S/C9H4BrClFN/c10-6-2-1-5-3-4-13-9(11)7(5)8(6)12/h1-4H. The molecule has 0 saturated carbocycles. The predicted octanol–water partition coefficient (Wildman–Crippen LogP) is 3.79. The van der Waals surface area contributed by atoms with Crippen molar-refractivity contribution >= 4 is 38.3 Å². The number of hydrogen-bond acceptors (Lipinski definition) is 1. The van der Waals surface area contributed by atoms with Crippen LogP contribution in [-0.4, -0.2) is 4.98 Å². The highest BCUT2D eigenvalue weighted by Gasteiger charge is 2.08. The SMILES string of the molecule is Fc1c(Br)ccc2ccnc(Cl)c12. The van der Waals surface area contributed by atoms with E-state index in [-0.39, 0.29) is 11.0 Å². The second-order valence-electron chi connectivity index (χ2n) is 2.56. The van der Waals surface area contributed by atoms with Crippen molar-refractivity contribution in [3.05, 3.63) is 39.8 Å². The van der Waals surface area contributed by atoms with Crippen LogP contribution in [0.3, 0.4) is 0 Å². The summed E-state index contributed by atoms with van der Waals surface area (Å²) in [5.74, 6) is -0.365. The minimum absolute atomic E-state index is 0.191. The van der Waals surface area contributed by atoms with Gasteiger partial charge in [-0.05, 0) is 33.4 Å². The minimum atomic E-state index is -0.365. The monoisotopic (exact) mass is 259 g/mol. The third-order valence-corrected chi connectivity index (χ3v) is 2.67. The van der Waals surface area contributed by atoms with Crippen molar-refractivity contribution in [3.63, 3.8) is 0 Å². The molecule has 0 aliphatic rings. The molecule has 0 aliphatic carbocycles. The number of fused-ring (bicyclic) bond motifs is 1. The van der Waals surface area contributed by atoms with Crippen molar-refractivity contribution in [1.82, 2.24) is 4.98 Å². The Morgan fingerprint density at radius 3 is 2.85 bits per heavy atom. The molecule has 1 aromatic heterocycles. The normalized spacial score (nSPS) is 10.7. The van der Waals surface area contributed by atoms with Gasteiger partial charge in [-0.3, -0.25) is 0 Å². The zero-order valence-corrected chi connectivity index (χ0v) is 8.73. The molecular formula is C9H4BrClFN. The van der Waals surface area contributed by atoms with Gasteiger partial charge in [0.25, 0.3) is 0 Å². The molecule has 0 aliphatic heterocycles. The van der Waals surface area contributed by atoms with Gasteiger partial charge < -0.3 is 0 Å². The van der Waals surface area contributed by atoms with E-state index >= 15 is 0 Å². The van der Waals surface area contributed by atoms with E-state index in [9.17, 15) is 4.39 Å². The molecule has 0 fully saturated rings. The summed E-state index contributed by atoms with van der Waals surface area (Å²) in [5.41, 5.74) is 0. The third-order valence-electron chi connectivity index (χ3n) is 1.78. The van der Waals surface area contributed by atoms with Crippen LogP contribution in [0, 0.1) is 5.82 Å². The Morgan fingerprint density at radius 1 is 1.31 bits per heavy atom. The smallest absolute Gasteiger partial charge is 0.148 e. The number of halogens is 3. The maximum atomic E-state index is 13.5. The first-order chi connectivity index (χ1) is 6.20. The molecule has 1 aromatic carbocycles. The molecule has 2 rings (SSSR count). The number of nitrogens with zero attached hydrogens (tertiary/aromatic N) is 1. The average Bonchev–Trinajstić information content (AvgIpc) is 2.12. The van der Waals surface area contributed by atoms with Gasteiger partial charge in [0.15, 0.2) is 0 Å². The van der Waals surface area contributed by atoms with E-state index in [1.165, 1.54) is 0 Å². The predicted molar refractivity (Wildman–Crippen MR) is 54.4 cm³/mol. The van der Waals surface area contributed by atoms with E-state index in [0.29, 0.717) is 9.86 Å². The fourth-order valence-corrected chi connectivity index (χ4v) is 1.74. The maximum absolute atomic E-state index is 13.5. The lowest BCUT2D eigenvalue weighted by Crippen LogP contribution is -1.85. The first kappa shape index (κ1) is 8.91. The first-order valence-electron chi connectivity index (χ1n) is 3.58. The molecule has 0 amide bonds. The lowest BCUT2D eigenvalue weighted by atomic mass is 10.2. The number of pyridine rings is 1. The number of hydrogen-bond donors (Lipinski definition) is 0. The van der Waals surface area contributed by atoms with Gasteiger partial charge in [-0.1, -0.05) is 17.7 Å². The van der Waals surface area contributed by atoms with Crippen LogP contribution in [0.5, 0.6) is 0 Å². The summed E-state index contributed by atoms with van der Waals surface area (Å²) in [6.07, 6.45) is 1.55. The van der Waals surface area contributed by atoms with E-state index in [4.69, 9.17) is 11.6 Å². The number of benzene rings is 1. The number of rotatable bonds is 0. The molecule has 4 heteroatoms. The molecule has 0 bridgehead atoms. The maximum Gasteiger partial charge on any atom is 0.148 e. The molecule has 1 heterocycles. The molecule has 0 atom stereocenters. The van der Waals surface area contributed by atoms with Gasteiger partial charge in [0.05, 0.1) is 9.86 Å². The van der Waals surface area contributed by atoms with Crippen LogP contribution < -0.4 is 0 Å². The van der Waals surface area contributed by atoms with Crippen molar-refractivity contribution in [2.75, 3.05) is 0 Å². The molecule has 0 unspecified atom stereocenters. The van der Waals surface area contributed by atoms with Gasteiger partial charge in [0.2, 0.25) is 0 Å². The Morgan fingerprint density at radius 2 is 2.08 bits per heavy atom. The van der Waals surface area contributed by atoms with Gasteiger partial charge in [0, 0.05) is 6.20 Å². The van der Waals surface area contributed by atoms with Crippen molar-refractivity contribution in [1.29, 1.82) is 0 Å². The van der Waals surface area contributed by atoms with E-state index in [1.54, 1.807) is 24.4 Å². The van der Waals surface area contributed by atoms with E-state index < -0.39 is 0 Å². The van der Waals surface area contributed by atoms with Crippen LogP contribution in [0.1, 0.15) is 0 Å². The van der Waals surface area contributed by atoms with E-state index in [1.807, 2.05) is 0 Å². The zero-order chi connectivity index (χ0) is 9.42. The Bertz CT molecular complexity index is 472. The topological polar surface area (TPSA) is 12.9 Å². The van der Waals surface area contributed by atoms with E-state index in [0.717, 1.165) is 5.39 Å². The first-order valence-corrected chi connectivity index (χ1v) is 4.75. The van der Waals surface area contributed by atoms with Crippen LogP contribution in [-0.2, 0) is 0 Å². The zero-order valence-electron chi connectivity index (χ0n) is 6.39. The van der Waals surface area contributed by atoms with Crippen molar-refractivity contribution in [3.8, 4) is 0 Å². The molecular weight excluding hydrogens is 256 g/mol. The Kier molecular flexibility index (Phi) is 2.22. The molecule has 66 valence electrons. The van der Waals surface area contributed by atoms with Crippen LogP contribution in [0.2, 0.25) is 5.15 Å². The van der Waals surface area contributed by atoms with Crippen molar-refractivity contribution in [2.24, 2.45) is 0 Å². The minimum Gasteiger partial charge on any atom is -0.244 e. The van der Waals surface area contributed by atoms with Gasteiger partial charge in [-0.2, -0.15) is 0 Å². The molecule has 0 radical (unpaired) electrons. The highest BCUT2D eigenvalue weighted by atomic mass is 79.9. The van der Waals surface area contributed by atoms with Crippen LogP contribution in [0.15, 0.2) is 28.9 Å².